The highest BCUT2D eigenvalue weighted by Gasteiger charge is 2.08. The Kier molecular flexibility index (Phi) is 2.72. The minimum atomic E-state index is -0.754. The Labute approximate surface area is 90.6 Å². The van der Waals surface area contributed by atoms with Crippen LogP contribution in [0.5, 0.6) is 0 Å². The molecule has 0 aliphatic rings. The Balaban J connectivity index is 2.54. The molecule has 0 bridgehead atoms. The van der Waals surface area contributed by atoms with Crippen LogP contribution in [0.4, 0.5) is 8.78 Å². The molecule has 80 valence electrons. The summed E-state index contributed by atoms with van der Waals surface area (Å²) < 4.78 is 26.6. The van der Waals surface area contributed by atoms with E-state index < -0.39 is 11.6 Å². The maximum Gasteiger partial charge on any atom is 0.171 e. The minimum absolute atomic E-state index is 0.256. The second-order valence-corrected chi connectivity index (χ2v) is 3.19. The molecule has 0 radical (unpaired) electrons. The van der Waals surface area contributed by atoms with Crippen LogP contribution in [0, 0.1) is 11.6 Å². The molecule has 0 spiro atoms. The zero-order valence-electron chi connectivity index (χ0n) is 8.15. The standard InChI is InChI=1S/C12H7F2NO/c13-10-4-2-1-3-9(10)8-5-11(14)12(7-16)15-6-8/h1-7H. The fourth-order valence-electron chi connectivity index (χ4n) is 1.38. The first kappa shape index (κ1) is 10.4. The summed E-state index contributed by atoms with van der Waals surface area (Å²) in [6.45, 7) is 0. The highest BCUT2D eigenvalue weighted by molar-refractivity contribution is 5.74. The van der Waals surface area contributed by atoms with Gasteiger partial charge in [-0.2, -0.15) is 0 Å². The third-order valence-electron chi connectivity index (χ3n) is 2.17. The molecule has 1 heterocycles. The van der Waals surface area contributed by atoms with Crippen molar-refractivity contribution in [1.29, 1.82) is 0 Å². The first-order chi connectivity index (χ1) is 7.72. The van der Waals surface area contributed by atoms with Gasteiger partial charge in [0.25, 0.3) is 0 Å². The number of nitrogens with zero attached hydrogens (tertiary/aromatic N) is 1. The number of carbonyl (C=O) groups is 1. The number of pyridine rings is 1. The molecule has 1 aromatic heterocycles. The summed E-state index contributed by atoms with van der Waals surface area (Å²) in [5.74, 6) is -1.21. The Hall–Kier alpha value is -2.10. The Bertz CT molecular complexity index is 540. The summed E-state index contributed by atoms with van der Waals surface area (Å²) in [5, 5.41) is 0. The maximum atomic E-state index is 13.4. The van der Waals surface area contributed by atoms with Crippen LogP contribution in [0.15, 0.2) is 36.5 Å². The molecule has 0 unspecified atom stereocenters. The van der Waals surface area contributed by atoms with Gasteiger partial charge in [-0.15, -0.1) is 0 Å². The van der Waals surface area contributed by atoms with E-state index in [-0.39, 0.29) is 11.3 Å². The lowest BCUT2D eigenvalue weighted by Gasteiger charge is -2.03. The van der Waals surface area contributed by atoms with Gasteiger partial charge < -0.3 is 0 Å². The van der Waals surface area contributed by atoms with Gasteiger partial charge >= 0.3 is 0 Å². The van der Waals surface area contributed by atoms with E-state index in [1.165, 1.54) is 18.3 Å². The first-order valence-corrected chi connectivity index (χ1v) is 4.58. The number of halogens is 2. The van der Waals surface area contributed by atoms with Crippen molar-refractivity contribution in [1.82, 2.24) is 4.98 Å². The maximum absolute atomic E-state index is 13.4. The second-order valence-electron chi connectivity index (χ2n) is 3.19. The number of carbonyl (C=O) groups excluding carboxylic acids is 1. The van der Waals surface area contributed by atoms with Gasteiger partial charge in [0.05, 0.1) is 0 Å². The molecule has 0 saturated heterocycles. The van der Waals surface area contributed by atoms with Crippen molar-refractivity contribution >= 4 is 6.29 Å². The van der Waals surface area contributed by atoms with Crippen molar-refractivity contribution in [2.45, 2.75) is 0 Å². The molecule has 2 aromatic rings. The van der Waals surface area contributed by atoms with Crippen molar-refractivity contribution in [3.05, 3.63) is 53.9 Å². The molecule has 0 N–H and O–H groups in total. The molecule has 2 nitrogen and oxygen atoms in total. The molecule has 0 atom stereocenters. The zero-order valence-corrected chi connectivity index (χ0v) is 8.15. The average Bonchev–Trinajstić information content (AvgIpc) is 2.29. The van der Waals surface area contributed by atoms with E-state index in [0.717, 1.165) is 6.07 Å². The van der Waals surface area contributed by atoms with Gasteiger partial charge in [0.2, 0.25) is 0 Å². The SMILES string of the molecule is O=Cc1ncc(-c2ccccc2F)cc1F. The summed E-state index contributed by atoms with van der Waals surface area (Å²) in [5.41, 5.74) is 0.285. The van der Waals surface area contributed by atoms with E-state index in [9.17, 15) is 13.6 Å². The van der Waals surface area contributed by atoms with Crippen LogP contribution in [-0.4, -0.2) is 11.3 Å². The van der Waals surface area contributed by atoms with Crippen molar-refractivity contribution in [2.75, 3.05) is 0 Å². The first-order valence-electron chi connectivity index (χ1n) is 4.58. The fourth-order valence-corrected chi connectivity index (χ4v) is 1.38. The van der Waals surface area contributed by atoms with Crippen LogP contribution in [0.2, 0.25) is 0 Å². The Morgan fingerprint density at radius 1 is 1.12 bits per heavy atom. The second kappa shape index (κ2) is 4.18. The van der Waals surface area contributed by atoms with E-state index >= 15 is 0 Å². The number of aromatic nitrogens is 1. The van der Waals surface area contributed by atoms with E-state index in [1.807, 2.05) is 0 Å². The summed E-state index contributed by atoms with van der Waals surface area (Å²) in [6, 6.07) is 7.08. The van der Waals surface area contributed by atoms with Crippen LogP contribution < -0.4 is 0 Å². The Morgan fingerprint density at radius 3 is 2.50 bits per heavy atom. The van der Waals surface area contributed by atoms with Crippen molar-refractivity contribution in [2.24, 2.45) is 0 Å². The van der Waals surface area contributed by atoms with E-state index in [0.29, 0.717) is 11.8 Å². The van der Waals surface area contributed by atoms with Gasteiger partial charge in [-0.1, -0.05) is 18.2 Å². The lowest BCUT2D eigenvalue weighted by molar-refractivity contribution is 0.111. The summed E-state index contributed by atoms with van der Waals surface area (Å²) in [7, 11) is 0. The van der Waals surface area contributed by atoms with Gasteiger partial charge in [-0.3, -0.25) is 4.79 Å². The fraction of sp³-hybridized carbons (Fsp3) is 0. The molecule has 4 heteroatoms. The molecule has 0 amide bonds. The average molecular weight is 219 g/mol. The predicted molar refractivity (Wildman–Crippen MR) is 55.0 cm³/mol. The monoisotopic (exact) mass is 219 g/mol. The van der Waals surface area contributed by atoms with Crippen LogP contribution in [0.1, 0.15) is 10.5 Å². The van der Waals surface area contributed by atoms with Crippen LogP contribution >= 0.6 is 0 Å². The molecule has 1 aromatic carbocycles. The van der Waals surface area contributed by atoms with E-state index in [4.69, 9.17) is 0 Å². The number of benzene rings is 1. The van der Waals surface area contributed by atoms with Gasteiger partial charge in [-0.25, -0.2) is 13.8 Å². The van der Waals surface area contributed by atoms with E-state index in [2.05, 4.69) is 4.98 Å². The number of hydrogen-bond donors (Lipinski definition) is 0. The van der Waals surface area contributed by atoms with Gasteiger partial charge in [-0.05, 0) is 12.1 Å². The molecular weight excluding hydrogens is 212 g/mol. The smallest absolute Gasteiger partial charge is 0.171 e. The summed E-state index contributed by atoms with van der Waals surface area (Å²) in [4.78, 5) is 14.0. The van der Waals surface area contributed by atoms with E-state index in [1.54, 1.807) is 12.1 Å². The highest BCUT2D eigenvalue weighted by Crippen LogP contribution is 2.22. The Morgan fingerprint density at radius 2 is 1.88 bits per heavy atom. The van der Waals surface area contributed by atoms with Crippen LogP contribution in [-0.2, 0) is 0 Å². The molecule has 0 saturated carbocycles. The van der Waals surface area contributed by atoms with Gasteiger partial charge in [0.15, 0.2) is 12.1 Å². The number of rotatable bonds is 2. The largest absolute Gasteiger partial charge is 0.296 e. The quantitative estimate of drug-likeness (QED) is 0.727. The van der Waals surface area contributed by atoms with Crippen LogP contribution in [0.3, 0.4) is 0 Å². The van der Waals surface area contributed by atoms with Crippen molar-refractivity contribution in [3.8, 4) is 11.1 Å². The molecule has 2 rings (SSSR count). The van der Waals surface area contributed by atoms with Crippen molar-refractivity contribution in [3.63, 3.8) is 0 Å². The lowest BCUT2D eigenvalue weighted by Crippen LogP contribution is -1.94. The number of hydrogen-bond acceptors (Lipinski definition) is 2. The predicted octanol–water partition coefficient (Wildman–Crippen LogP) is 2.84. The zero-order chi connectivity index (χ0) is 11.5. The normalized spacial score (nSPS) is 10.1. The summed E-state index contributed by atoms with van der Waals surface area (Å²) >= 11 is 0. The molecule has 0 aliphatic carbocycles. The third kappa shape index (κ3) is 1.82. The topological polar surface area (TPSA) is 30.0 Å². The summed E-state index contributed by atoms with van der Waals surface area (Å²) in [6.07, 6.45) is 1.59. The number of aldehydes is 1. The molecule has 0 aliphatic heterocycles. The third-order valence-corrected chi connectivity index (χ3v) is 2.17. The molecular formula is C12H7F2NO. The molecule has 16 heavy (non-hydrogen) atoms. The highest BCUT2D eigenvalue weighted by atomic mass is 19.1. The van der Waals surface area contributed by atoms with Crippen LogP contribution in [0.25, 0.3) is 11.1 Å². The van der Waals surface area contributed by atoms with Gasteiger partial charge in [0.1, 0.15) is 11.5 Å². The lowest BCUT2D eigenvalue weighted by atomic mass is 10.1. The molecule has 0 fully saturated rings. The minimum Gasteiger partial charge on any atom is -0.296 e. The van der Waals surface area contributed by atoms with Gasteiger partial charge in [0, 0.05) is 17.3 Å². The van der Waals surface area contributed by atoms with Crippen molar-refractivity contribution < 1.29 is 13.6 Å².